The molecule has 3 amide bonds. The lowest BCUT2D eigenvalue weighted by atomic mass is 9.93. The molecular weight excluding hydrogens is 1680 g/mol. The molecular formula is C86H155N3O38. The maximum atomic E-state index is 13.6. The van der Waals surface area contributed by atoms with Crippen LogP contribution >= 0.6 is 0 Å². The SMILES string of the molecule is CCCCCCCCCCCCC/C=C/[C@@H](O)[C@H](CO[C@@H]1OC(CO)[C@@H](O[C@@H]2OC(CO)[C@H](O)[C@H](O[C@@H]3OC(CO)[C@@H](O[C@@H]4OC(CO)[C@H](O)[C@H](O[C@@H]5OC(CO)[C@@H](O[C@@H]6OC(CO)[C@H](O)[C@H](O[C@H]7OC(CO)[C@H](O)[C@H](O)C7O)C6O)[C@H](O)C5NC(C)=O)C4O)[C@H](O)C3NC(C)=O)C2O)[C@H](O)C1O)NC(=O)CCCCCCCCCCCCCCCCCCCCC. The molecule has 41 heteroatoms. The van der Waals surface area contributed by atoms with Crippen LogP contribution in [0, 0.1) is 0 Å². The van der Waals surface area contributed by atoms with Crippen molar-refractivity contribution in [1.82, 2.24) is 16.0 Å². The van der Waals surface area contributed by atoms with Crippen LogP contribution in [0.3, 0.4) is 0 Å². The number of hydrogen-bond donors (Lipinski definition) is 24. The average Bonchev–Trinajstić information content (AvgIpc) is 0.767. The molecule has 0 saturated carbocycles. The van der Waals surface area contributed by atoms with Gasteiger partial charge in [-0.2, -0.15) is 0 Å². The molecule has 7 rings (SSSR count). The average molecular weight is 1840 g/mol. The normalized spacial score (nSPS) is 37.9. The summed E-state index contributed by atoms with van der Waals surface area (Å²) in [5, 5.41) is 242. The molecule has 14 unspecified atom stereocenters. The molecule has 0 aromatic heterocycles. The monoisotopic (exact) mass is 1840 g/mol. The minimum Gasteiger partial charge on any atom is -0.394 e. The maximum absolute atomic E-state index is 13.6. The van der Waals surface area contributed by atoms with Gasteiger partial charge in [-0.3, -0.25) is 14.4 Å². The van der Waals surface area contributed by atoms with Gasteiger partial charge in [-0.15, -0.1) is 0 Å². The third kappa shape index (κ3) is 33.3. The number of ether oxygens (including phenoxy) is 14. The van der Waals surface area contributed by atoms with E-state index in [4.69, 9.17) is 66.3 Å². The van der Waals surface area contributed by atoms with E-state index in [9.17, 15) is 122 Å². The molecule has 7 fully saturated rings. The fourth-order valence-electron chi connectivity index (χ4n) is 17.3. The lowest BCUT2D eigenvalue weighted by molar-refractivity contribution is -0.389. The van der Waals surface area contributed by atoms with Crippen LogP contribution < -0.4 is 16.0 Å². The number of amides is 3. The summed E-state index contributed by atoms with van der Waals surface area (Å²) < 4.78 is 82.6. The highest BCUT2D eigenvalue weighted by Gasteiger charge is 2.60. The molecule has 0 spiro atoms. The minimum atomic E-state index is -2.31. The summed E-state index contributed by atoms with van der Waals surface area (Å²) in [6.07, 6.45) is -26.5. The predicted molar refractivity (Wildman–Crippen MR) is 445 cm³/mol. The minimum absolute atomic E-state index is 0.165. The van der Waals surface area contributed by atoms with Gasteiger partial charge in [0.1, 0.15) is 171 Å². The molecule has 37 atom stereocenters. The highest BCUT2D eigenvalue weighted by molar-refractivity contribution is 5.76. The van der Waals surface area contributed by atoms with E-state index in [0.717, 1.165) is 65.2 Å². The zero-order valence-corrected chi connectivity index (χ0v) is 74.1. The number of carbonyl (C=O) groups is 3. The summed E-state index contributed by atoms with van der Waals surface area (Å²) in [6, 6.07) is -4.83. The molecule has 7 heterocycles. The Bertz CT molecular complexity index is 3010. The molecule has 0 aromatic carbocycles. The van der Waals surface area contributed by atoms with E-state index < -0.39 is 292 Å². The van der Waals surface area contributed by atoms with Gasteiger partial charge in [0.2, 0.25) is 17.7 Å². The van der Waals surface area contributed by atoms with Gasteiger partial charge in [-0.25, -0.2) is 0 Å². The second-order valence-corrected chi connectivity index (χ2v) is 34.9. The number of rotatable bonds is 59. The Morgan fingerprint density at radius 1 is 0.307 bits per heavy atom. The van der Waals surface area contributed by atoms with Crippen LogP contribution in [0.4, 0.5) is 0 Å². The Labute approximate surface area is 743 Å². The lowest BCUT2D eigenvalue weighted by Gasteiger charge is -2.51. The van der Waals surface area contributed by atoms with Crippen LogP contribution in [-0.4, -0.2) is 405 Å². The molecule has 0 bridgehead atoms. The third-order valence-corrected chi connectivity index (χ3v) is 24.8. The quantitative estimate of drug-likeness (QED) is 0.0213. The fraction of sp³-hybridized carbons (Fsp3) is 0.942. The van der Waals surface area contributed by atoms with E-state index in [1.54, 1.807) is 6.08 Å². The first-order valence-corrected chi connectivity index (χ1v) is 46.5. The number of hydrogen-bond acceptors (Lipinski definition) is 38. The molecule has 7 saturated heterocycles. The van der Waals surface area contributed by atoms with Crippen molar-refractivity contribution in [3.05, 3.63) is 12.2 Å². The summed E-state index contributed by atoms with van der Waals surface area (Å²) >= 11 is 0. The Morgan fingerprint density at radius 2 is 0.583 bits per heavy atom. The van der Waals surface area contributed by atoms with Crippen molar-refractivity contribution in [2.75, 3.05) is 52.9 Å². The Hall–Kier alpha value is -3.25. The first-order valence-electron chi connectivity index (χ1n) is 46.5. The maximum Gasteiger partial charge on any atom is 0.220 e. The Morgan fingerprint density at radius 3 is 0.921 bits per heavy atom. The topological polar surface area (TPSA) is 641 Å². The van der Waals surface area contributed by atoms with Crippen LogP contribution in [0.1, 0.15) is 233 Å². The largest absolute Gasteiger partial charge is 0.394 e. The number of aliphatic hydroxyl groups is 21. The third-order valence-electron chi connectivity index (χ3n) is 24.8. The lowest BCUT2D eigenvalue weighted by Crippen LogP contribution is -2.71. The van der Waals surface area contributed by atoms with Crippen molar-refractivity contribution in [3.63, 3.8) is 0 Å². The van der Waals surface area contributed by atoms with Crippen molar-refractivity contribution in [3.8, 4) is 0 Å². The van der Waals surface area contributed by atoms with Gasteiger partial charge in [-0.1, -0.05) is 206 Å². The molecule has 7 aliphatic rings. The Kier molecular flexibility index (Phi) is 51.4. The van der Waals surface area contributed by atoms with Crippen LogP contribution in [0.5, 0.6) is 0 Å². The summed E-state index contributed by atoms with van der Waals surface area (Å²) in [4.78, 5) is 39.5. The molecule has 7 aliphatic heterocycles. The molecule has 0 aliphatic carbocycles. The summed E-state index contributed by atoms with van der Waals surface area (Å²) in [5.41, 5.74) is 0. The van der Waals surface area contributed by atoms with Crippen LogP contribution in [0.15, 0.2) is 12.2 Å². The molecule has 0 aromatic rings. The van der Waals surface area contributed by atoms with E-state index in [-0.39, 0.29) is 12.3 Å². The molecule has 0 radical (unpaired) electrons. The van der Waals surface area contributed by atoms with Crippen molar-refractivity contribution in [2.45, 2.75) is 460 Å². The molecule has 41 nitrogen and oxygen atoms in total. The standard InChI is InChI=1S/C86H155N3O38/c1-5-7-9-11-13-15-17-19-20-21-22-23-24-26-28-30-32-34-36-38-58(100)89-49(50(99)37-35-33-31-29-27-25-18-16-14-12-10-8-6-2)46-114-82-70(110)68(108)76(57(45-96)121-82)124-86-72(112)78(63(103)53(41-92)118-86)126-81-59(87-47(3)97)65(105)74(55(43-94)119-81)122-84-71(111)77(62(102)52(40-91)116-84)125-80-60(88-48(4)98)66(106)75(56(44-95)120-80)123-85-73(113)79(64(104)54(42-93)117-85)127-83-69(109)67(107)61(101)51(39-90)115-83/h35,37,49-57,59-86,90-96,99,101-113H,5-34,36,38-46H2,1-4H3,(H,87,97)(H,88,98)(H,89,100)/b37-35+/t49-,50+,51?,52?,53?,54?,55?,56?,57?,59?,60?,61-,62-,63-,64-,65+,66+,67-,68+,69?,70?,71?,72?,73?,74+,75+,76+,77-,78-,79-,80-,81-,82+,83+,84-,85-,86-/m0/s1. The summed E-state index contributed by atoms with van der Waals surface area (Å²) in [6.45, 7) is -1.22. The number of allylic oxidation sites excluding steroid dienone is 1. The second kappa shape index (κ2) is 58.9. The smallest absolute Gasteiger partial charge is 0.220 e. The van der Waals surface area contributed by atoms with Gasteiger partial charge in [0, 0.05) is 20.3 Å². The first-order chi connectivity index (χ1) is 61.1. The van der Waals surface area contributed by atoms with E-state index >= 15 is 0 Å². The van der Waals surface area contributed by atoms with Gasteiger partial charge < -0.3 is 190 Å². The predicted octanol–water partition coefficient (Wildman–Crippen LogP) is -3.04. The molecule has 24 N–H and O–H groups in total. The van der Waals surface area contributed by atoms with Crippen LogP contribution in [-0.2, 0) is 80.7 Å². The van der Waals surface area contributed by atoms with Gasteiger partial charge in [0.05, 0.1) is 65.0 Å². The zero-order valence-electron chi connectivity index (χ0n) is 74.1. The molecule has 127 heavy (non-hydrogen) atoms. The van der Waals surface area contributed by atoms with Crippen molar-refractivity contribution >= 4 is 17.7 Å². The number of aliphatic hydroxyl groups excluding tert-OH is 21. The van der Waals surface area contributed by atoms with Gasteiger partial charge in [-0.05, 0) is 19.3 Å². The van der Waals surface area contributed by atoms with Gasteiger partial charge >= 0.3 is 0 Å². The second-order valence-electron chi connectivity index (χ2n) is 34.9. The van der Waals surface area contributed by atoms with E-state index in [2.05, 4.69) is 29.8 Å². The number of carbonyl (C=O) groups excluding carboxylic acids is 3. The van der Waals surface area contributed by atoms with Crippen LogP contribution in [0.25, 0.3) is 0 Å². The number of nitrogens with one attached hydrogen (secondary N) is 3. The highest BCUT2D eigenvalue weighted by Crippen LogP contribution is 2.39. The number of unbranched alkanes of at least 4 members (excludes halogenated alkanes) is 29. The van der Waals surface area contributed by atoms with Crippen molar-refractivity contribution in [2.24, 2.45) is 0 Å². The fourth-order valence-corrected chi connectivity index (χ4v) is 17.3. The first kappa shape index (κ1) is 111. The van der Waals surface area contributed by atoms with E-state index in [1.807, 2.05) is 6.08 Å². The van der Waals surface area contributed by atoms with Crippen molar-refractivity contribution < 1.29 is 188 Å². The van der Waals surface area contributed by atoms with Gasteiger partial charge in [0.15, 0.2) is 44.0 Å². The molecule has 742 valence electrons. The van der Waals surface area contributed by atoms with Gasteiger partial charge in [0.25, 0.3) is 0 Å². The van der Waals surface area contributed by atoms with E-state index in [1.165, 1.54) is 135 Å². The summed E-state index contributed by atoms with van der Waals surface area (Å²) in [5.74, 6) is -2.14. The van der Waals surface area contributed by atoms with Crippen molar-refractivity contribution in [1.29, 1.82) is 0 Å². The van der Waals surface area contributed by atoms with E-state index in [0.29, 0.717) is 12.8 Å². The zero-order chi connectivity index (χ0) is 92.8. The Balaban J connectivity index is 0.970. The highest BCUT2D eigenvalue weighted by atomic mass is 16.8. The summed E-state index contributed by atoms with van der Waals surface area (Å²) in [7, 11) is 0. The van der Waals surface area contributed by atoms with Crippen LogP contribution in [0.2, 0.25) is 0 Å².